The van der Waals surface area contributed by atoms with Crippen molar-refractivity contribution in [1.29, 1.82) is 0 Å². The SMILES string of the molecule is CC(C)n1cc(C(=O)NC(Cc2ccc(F)cc2)C(=O)O)cn1. The van der Waals surface area contributed by atoms with E-state index in [-0.39, 0.29) is 12.5 Å². The summed E-state index contributed by atoms with van der Waals surface area (Å²) in [7, 11) is 0. The Hall–Kier alpha value is -2.70. The number of hydrogen-bond donors (Lipinski definition) is 2. The van der Waals surface area contributed by atoms with Gasteiger partial charge in [0.15, 0.2) is 0 Å². The van der Waals surface area contributed by atoms with Crippen molar-refractivity contribution in [2.45, 2.75) is 32.4 Å². The van der Waals surface area contributed by atoms with Crippen LogP contribution in [0.1, 0.15) is 35.8 Å². The summed E-state index contributed by atoms with van der Waals surface area (Å²) >= 11 is 0. The maximum atomic E-state index is 12.9. The van der Waals surface area contributed by atoms with Crippen molar-refractivity contribution in [3.05, 3.63) is 53.6 Å². The lowest BCUT2D eigenvalue weighted by atomic mass is 10.1. The Kier molecular flexibility index (Phi) is 5.10. The molecule has 0 aliphatic rings. The molecule has 0 bridgehead atoms. The van der Waals surface area contributed by atoms with E-state index in [1.165, 1.54) is 30.5 Å². The third-order valence-electron chi connectivity index (χ3n) is 3.35. The second-order valence-corrected chi connectivity index (χ2v) is 5.50. The highest BCUT2D eigenvalue weighted by atomic mass is 19.1. The fourth-order valence-corrected chi connectivity index (χ4v) is 2.04. The van der Waals surface area contributed by atoms with E-state index in [1.54, 1.807) is 10.9 Å². The zero-order valence-electron chi connectivity index (χ0n) is 12.9. The van der Waals surface area contributed by atoms with Crippen LogP contribution in [0.3, 0.4) is 0 Å². The molecular weight excluding hydrogens is 301 g/mol. The molecule has 6 nitrogen and oxygen atoms in total. The number of halogens is 1. The number of rotatable bonds is 6. The molecule has 2 rings (SSSR count). The molecule has 1 heterocycles. The summed E-state index contributed by atoms with van der Waals surface area (Å²) < 4.78 is 14.5. The monoisotopic (exact) mass is 319 g/mol. The van der Waals surface area contributed by atoms with Crippen LogP contribution in [-0.4, -0.2) is 32.8 Å². The van der Waals surface area contributed by atoms with Crippen LogP contribution >= 0.6 is 0 Å². The van der Waals surface area contributed by atoms with Gasteiger partial charge in [-0.05, 0) is 31.5 Å². The maximum absolute atomic E-state index is 12.9. The largest absolute Gasteiger partial charge is 0.480 e. The highest BCUT2D eigenvalue weighted by Crippen LogP contribution is 2.09. The third kappa shape index (κ3) is 4.38. The highest BCUT2D eigenvalue weighted by molar-refractivity contribution is 5.96. The number of carboxylic acid groups (broad SMARTS) is 1. The van der Waals surface area contributed by atoms with Crippen molar-refractivity contribution in [3.8, 4) is 0 Å². The van der Waals surface area contributed by atoms with Crippen LogP contribution < -0.4 is 5.32 Å². The van der Waals surface area contributed by atoms with E-state index in [1.807, 2.05) is 13.8 Å². The van der Waals surface area contributed by atoms with Gasteiger partial charge in [0.25, 0.3) is 5.91 Å². The van der Waals surface area contributed by atoms with Gasteiger partial charge in [-0.1, -0.05) is 12.1 Å². The Morgan fingerprint density at radius 2 is 1.96 bits per heavy atom. The molecule has 2 aromatic rings. The van der Waals surface area contributed by atoms with Crippen LogP contribution in [-0.2, 0) is 11.2 Å². The van der Waals surface area contributed by atoms with Crippen LogP contribution in [0.25, 0.3) is 0 Å². The number of amides is 1. The standard InChI is InChI=1S/C16H18FN3O3/c1-10(2)20-9-12(8-18-20)15(21)19-14(16(22)23)7-11-3-5-13(17)6-4-11/h3-6,8-10,14H,7H2,1-2H3,(H,19,21)(H,22,23). The number of carboxylic acids is 1. The fraction of sp³-hybridized carbons (Fsp3) is 0.312. The molecule has 1 amide bonds. The first-order valence-corrected chi connectivity index (χ1v) is 7.19. The average Bonchev–Trinajstić information content (AvgIpc) is 2.98. The lowest BCUT2D eigenvalue weighted by molar-refractivity contribution is -0.139. The molecular formula is C16H18FN3O3. The molecule has 7 heteroatoms. The van der Waals surface area contributed by atoms with Crippen LogP contribution in [0.5, 0.6) is 0 Å². The van der Waals surface area contributed by atoms with E-state index in [9.17, 15) is 19.1 Å². The number of aromatic nitrogens is 2. The Morgan fingerprint density at radius 1 is 1.30 bits per heavy atom. The van der Waals surface area contributed by atoms with Crippen molar-refractivity contribution in [1.82, 2.24) is 15.1 Å². The van der Waals surface area contributed by atoms with E-state index in [2.05, 4.69) is 10.4 Å². The van der Waals surface area contributed by atoms with Gasteiger partial charge in [0.1, 0.15) is 11.9 Å². The highest BCUT2D eigenvalue weighted by Gasteiger charge is 2.22. The lowest BCUT2D eigenvalue weighted by Gasteiger charge is -2.14. The predicted octanol–water partition coefficient (Wildman–Crippen LogP) is 2.03. The number of carbonyl (C=O) groups is 2. The van der Waals surface area contributed by atoms with Gasteiger partial charge in [0, 0.05) is 18.7 Å². The second-order valence-electron chi connectivity index (χ2n) is 5.50. The number of benzene rings is 1. The zero-order chi connectivity index (χ0) is 17.0. The quantitative estimate of drug-likeness (QED) is 0.853. The Bertz CT molecular complexity index is 695. The summed E-state index contributed by atoms with van der Waals surface area (Å²) in [4.78, 5) is 23.5. The van der Waals surface area contributed by atoms with Gasteiger partial charge >= 0.3 is 5.97 Å². The lowest BCUT2D eigenvalue weighted by Crippen LogP contribution is -2.42. The minimum absolute atomic E-state index is 0.0691. The molecule has 1 unspecified atom stereocenters. The Labute approximate surface area is 132 Å². The molecule has 122 valence electrons. The molecule has 23 heavy (non-hydrogen) atoms. The average molecular weight is 319 g/mol. The topological polar surface area (TPSA) is 84.2 Å². The van der Waals surface area contributed by atoms with Gasteiger partial charge in [0.05, 0.1) is 11.8 Å². The minimum Gasteiger partial charge on any atom is -0.480 e. The molecule has 1 aromatic heterocycles. The van der Waals surface area contributed by atoms with E-state index in [4.69, 9.17) is 0 Å². The number of aliphatic carboxylic acids is 1. The van der Waals surface area contributed by atoms with Crippen LogP contribution in [0, 0.1) is 5.82 Å². The minimum atomic E-state index is -1.15. The third-order valence-corrected chi connectivity index (χ3v) is 3.35. The number of carbonyl (C=O) groups excluding carboxylic acids is 1. The summed E-state index contributed by atoms with van der Waals surface area (Å²) in [6.07, 6.45) is 3.03. The van der Waals surface area contributed by atoms with Crippen molar-refractivity contribution in [2.24, 2.45) is 0 Å². The summed E-state index contributed by atoms with van der Waals surface area (Å²) in [5.41, 5.74) is 0.918. The molecule has 0 spiro atoms. The van der Waals surface area contributed by atoms with E-state index >= 15 is 0 Å². The molecule has 0 saturated carbocycles. The van der Waals surface area contributed by atoms with Crippen LogP contribution in [0.2, 0.25) is 0 Å². The smallest absolute Gasteiger partial charge is 0.326 e. The molecule has 1 atom stereocenters. The molecule has 0 radical (unpaired) electrons. The van der Waals surface area contributed by atoms with E-state index in [0.717, 1.165) is 0 Å². The fourth-order valence-electron chi connectivity index (χ4n) is 2.04. The summed E-state index contributed by atoms with van der Waals surface area (Å²) in [6, 6.07) is 4.50. The van der Waals surface area contributed by atoms with Gasteiger partial charge in [-0.15, -0.1) is 0 Å². The number of nitrogens with one attached hydrogen (secondary N) is 1. The van der Waals surface area contributed by atoms with Gasteiger partial charge in [-0.2, -0.15) is 5.10 Å². The molecule has 0 aliphatic heterocycles. The summed E-state index contributed by atoms with van der Waals surface area (Å²) in [5, 5.41) is 15.8. The van der Waals surface area contributed by atoms with Gasteiger partial charge < -0.3 is 10.4 Å². The van der Waals surface area contributed by atoms with Crippen LogP contribution in [0.4, 0.5) is 4.39 Å². The van der Waals surface area contributed by atoms with Crippen molar-refractivity contribution in [3.63, 3.8) is 0 Å². The van der Waals surface area contributed by atoms with Gasteiger partial charge in [-0.25, -0.2) is 9.18 Å². The molecule has 0 saturated heterocycles. The van der Waals surface area contributed by atoms with Crippen LogP contribution in [0.15, 0.2) is 36.7 Å². The summed E-state index contributed by atoms with van der Waals surface area (Å²) in [6.45, 7) is 3.84. The van der Waals surface area contributed by atoms with Crippen molar-refractivity contribution in [2.75, 3.05) is 0 Å². The van der Waals surface area contributed by atoms with Crippen molar-refractivity contribution < 1.29 is 19.1 Å². The molecule has 2 N–H and O–H groups in total. The van der Waals surface area contributed by atoms with Gasteiger partial charge in [0.2, 0.25) is 0 Å². The number of nitrogens with zero attached hydrogens (tertiary/aromatic N) is 2. The molecule has 0 fully saturated rings. The first kappa shape index (κ1) is 16.7. The number of hydrogen-bond acceptors (Lipinski definition) is 3. The normalized spacial score (nSPS) is 12.2. The predicted molar refractivity (Wildman–Crippen MR) is 81.6 cm³/mol. The summed E-state index contributed by atoms with van der Waals surface area (Å²) in [5.74, 6) is -2.06. The van der Waals surface area contributed by atoms with E-state index in [0.29, 0.717) is 11.1 Å². The Balaban J connectivity index is 2.07. The van der Waals surface area contributed by atoms with Crippen molar-refractivity contribution >= 4 is 11.9 Å². The molecule has 1 aromatic carbocycles. The first-order valence-electron chi connectivity index (χ1n) is 7.19. The van der Waals surface area contributed by atoms with Gasteiger partial charge in [-0.3, -0.25) is 9.48 Å². The zero-order valence-corrected chi connectivity index (χ0v) is 12.9. The van der Waals surface area contributed by atoms with E-state index < -0.39 is 23.7 Å². The first-order chi connectivity index (χ1) is 10.9. The second kappa shape index (κ2) is 7.04. The maximum Gasteiger partial charge on any atom is 0.326 e. The molecule has 0 aliphatic carbocycles. The Morgan fingerprint density at radius 3 is 2.48 bits per heavy atom.